The molecule has 0 aromatic heterocycles. The number of nitrogens with one attached hydrogen (secondary N) is 1. The number of anilines is 1. The lowest BCUT2D eigenvalue weighted by Crippen LogP contribution is -2.49. The van der Waals surface area contributed by atoms with Gasteiger partial charge in [-0.25, -0.2) is 8.42 Å². The number of nitrogens with zero attached hydrogens (tertiary/aromatic N) is 2. The van der Waals surface area contributed by atoms with Crippen molar-refractivity contribution in [2.75, 3.05) is 17.1 Å². The fraction of sp³-hybridized carbons (Fsp3) is 0.417. The molecule has 1 atom stereocenters. The van der Waals surface area contributed by atoms with E-state index in [9.17, 15) is 18.0 Å². The van der Waals surface area contributed by atoms with E-state index in [4.69, 9.17) is 23.2 Å². The molecule has 0 aliphatic carbocycles. The van der Waals surface area contributed by atoms with Gasteiger partial charge in [0.05, 0.1) is 11.9 Å². The van der Waals surface area contributed by atoms with Crippen LogP contribution in [0.1, 0.15) is 39.2 Å². The Labute approximate surface area is 212 Å². The van der Waals surface area contributed by atoms with Crippen LogP contribution in [0.15, 0.2) is 48.5 Å². The summed E-state index contributed by atoms with van der Waals surface area (Å²) in [4.78, 5) is 27.3. The van der Waals surface area contributed by atoms with Gasteiger partial charge in [0.2, 0.25) is 21.8 Å². The molecular weight excluding hydrogens is 497 g/mol. The molecule has 1 unspecified atom stereocenters. The number of amides is 2. The first-order valence-electron chi connectivity index (χ1n) is 11.0. The van der Waals surface area contributed by atoms with Crippen LogP contribution >= 0.6 is 23.2 Å². The summed E-state index contributed by atoms with van der Waals surface area (Å²) < 4.78 is 25.9. The second-order valence-corrected chi connectivity index (χ2v) is 11.2. The molecule has 2 amide bonds. The topological polar surface area (TPSA) is 86.8 Å². The predicted octanol–water partition coefficient (Wildman–Crippen LogP) is 4.48. The normalized spacial score (nSPS) is 12.3. The summed E-state index contributed by atoms with van der Waals surface area (Å²) in [5.41, 5.74) is 1.31. The first-order chi connectivity index (χ1) is 15.9. The molecule has 0 bridgehead atoms. The van der Waals surface area contributed by atoms with E-state index in [0.717, 1.165) is 11.8 Å². The molecule has 1 N–H and O–H groups in total. The highest BCUT2D eigenvalue weighted by molar-refractivity contribution is 7.92. The summed E-state index contributed by atoms with van der Waals surface area (Å²) in [5, 5.41) is 3.92. The van der Waals surface area contributed by atoms with E-state index in [1.165, 1.54) is 9.21 Å². The van der Waals surface area contributed by atoms with Crippen LogP contribution in [0.5, 0.6) is 0 Å². The largest absolute Gasteiger partial charge is 0.352 e. The maximum absolute atomic E-state index is 13.2. The van der Waals surface area contributed by atoms with Gasteiger partial charge in [-0.3, -0.25) is 13.9 Å². The van der Waals surface area contributed by atoms with Gasteiger partial charge in [0, 0.05) is 35.6 Å². The van der Waals surface area contributed by atoms with Crippen LogP contribution < -0.4 is 9.62 Å². The first-order valence-corrected chi connectivity index (χ1v) is 13.6. The summed E-state index contributed by atoms with van der Waals surface area (Å²) in [5.74, 6) is -0.498. The van der Waals surface area contributed by atoms with Gasteiger partial charge < -0.3 is 10.2 Å². The number of halogens is 2. The number of carbonyl (C=O) groups excluding carboxylic acids is 2. The van der Waals surface area contributed by atoms with Gasteiger partial charge in [-0.05, 0) is 69.2 Å². The molecule has 0 spiro atoms. The number of carbonyl (C=O) groups is 2. The van der Waals surface area contributed by atoms with Crippen LogP contribution in [0.4, 0.5) is 5.69 Å². The predicted molar refractivity (Wildman–Crippen MR) is 138 cm³/mol. The van der Waals surface area contributed by atoms with E-state index in [-0.39, 0.29) is 43.8 Å². The Morgan fingerprint density at radius 3 is 1.97 bits per heavy atom. The summed E-state index contributed by atoms with van der Waals surface area (Å²) in [6.07, 6.45) is 1.48. The zero-order chi connectivity index (χ0) is 25.5. The van der Waals surface area contributed by atoms with E-state index < -0.39 is 16.1 Å². The first kappa shape index (κ1) is 28.0. The van der Waals surface area contributed by atoms with Crippen molar-refractivity contribution in [1.82, 2.24) is 10.2 Å². The van der Waals surface area contributed by atoms with Crippen molar-refractivity contribution in [1.29, 1.82) is 0 Å². The lowest BCUT2D eigenvalue weighted by molar-refractivity contribution is -0.140. The van der Waals surface area contributed by atoms with Gasteiger partial charge in [0.15, 0.2) is 0 Å². The van der Waals surface area contributed by atoms with E-state index in [1.54, 1.807) is 43.3 Å². The second-order valence-electron chi connectivity index (χ2n) is 8.40. The highest BCUT2D eigenvalue weighted by atomic mass is 35.5. The Hall–Kier alpha value is -2.29. The molecule has 0 saturated carbocycles. The molecule has 186 valence electrons. The minimum absolute atomic E-state index is 0.0647. The molecule has 0 aliphatic rings. The van der Waals surface area contributed by atoms with Gasteiger partial charge in [0.1, 0.15) is 6.04 Å². The van der Waals surface area contributed by atoms with Crippen LogP contribution in [0.3, 0.4) is 0 Å². The average Bonchev–Trinajstić information content (AvgIpc) is 2.75. The Balaban J connectivity index is 2.15. The number of hydrogen-bond acceptors (Lipinski definition) is 4. The molecule has 0 radical (unpaired) electrons. The van der Waals surface area contributed by atoms with Crippen LogP contribution in [-0.4, -0.2) is 50.0 Å². The average molecular weight is 529 g/mol. The highest BCUT2D eigenvalue weighted by Crippen LogP contribution is 2.21. The van der Waals surface area contributed by atoms with Crippen LogP contribution in [-0.2, 0) is 26.2 Å². The van der Waals surface area contributed by atoms with Crippen molar-refractivity contribution >= 4 is 50.7 Å². The monoisotopic (exact) mass is 527 g/mol. The molecule has 2 aromatic carbocycles. The molecule has 10 heteroatoms. The minimum Gasteiger partial charge on any atom is -0.352 e. The van der Waals surface area contributed by atoms with E-state index >= 15 is 0 Å². The van der Waals surface area contributed by atoms with Crippen molar-refractivity contribution < 1.29 is 18.0 Å². The summed E-state index contributed by atoms with van der Waals surface area (Å²) in [7, 11) is -3.56. The fourth-order valence-electron chi connectivity index (χ4n) is 3.39. The number of sulfonamides is 1. The third-order valence-corrected chi connectivity index (χ3v) is 6.83. The van der Waals surface area contributed by atoms with Gasteiger partial charge in [-0.2, -0.15) is 0 Å². The van der Waals surface area contributed by atoms with Gasteiger partial charge in [-0.1, -0.05) is 35.3 Å². The maximum Gasteiger partial charge on any atom is 0.242 e. The summed E-state index contributed by atoms with van der Waals surface area (Å²) in [6, 6.07) is 12.8. The Morgan fingerprint density at radius 1 is 0.941 bits per heavy atom. The molecule has 0 aliphatic heterocycles. The Kier molecular flexibility index (Phi) is 10.2. The van der Waals surface area contributed by atoms with Crippen molar-refractivity contribution in [3.63, 3.8) is 0 Å². The maximum atomic E-state index is 13.2. The van der Waals surface area contributed by atoms with Crippen molar-refractivity contribution in [2.24, 2.45) is 0 Å². The van der Waals surface area contributed by atoms with Crippen molar-refractivity contribution in [3.8, 4) is 0 Å². The third kappa shape index (κ3) is 8.49. The second kappa shape index (κ2) is 12.4. The van der Waals surface area contributed by atoms with E-state index in [2.05, 4.69) is 5.32 Å². The molecule has 7 nitrogen and oxygen atoms in total. The SMILES string of the molecule is CC(C)NC(=O)C(C)N(Cc1ccc(Cl)cc1)C(=O)CCCN(c1ccc(Cl)cc1)S(C)(=O)=O. The number of hydrogen-bond donors (Lipinski definition) is 1. The minimum atomic E-state index is -3.56. The molecule has 0 fully saturated rings. The number of rotatable bonds is 11. The van der Waals surface area contributed by atoms with Crippen LogP contribution in [0.2, 0.25) is 10.0 Å². The van der Waals surface area contributed by atoms with Crippen molar-refractivity contribution in [2.45, 2.75) is 52.2 Å². The standard InChI is InChI=1S/C24H31Cl2N3O4S/c1-17(2)27-24(31)18(3)28(16-19-7-9-20(25)10-8-19)23(30)6-5-15-29(34(4,32)33)22-13-11-21(26)12-14-22/h7-14,17-18H,5-6,15-16H2,1-4H3,(H,27,31). The summed E-state index contributed by atoms with van der Waals surface area (Å²) in [6.45, 7) is 5.74. The molecule has 0 saturated heterocycles. The van der Waals surface area contributed by atoms with Gasteiger partial charge >= 0.3 is 0 Å². The quantitative estimate of drug-likeness (QED) is 0.466. The zero-order valence-corrected chi connectivity index (χ0v) is 22.1. The smallest absolute Gasteiger partial charge is 0.242 e. The lowest BCUT2D eigenvalue weighted by atomic mass is 10.1. The van der Waals surface area contributed by atoms with Crippen LogP contribution in [0, 0.1) is 0 Å². The highest BCUT2D eigenvalue weighted by Gasteiger charge is 2.27. The lowest BCUT2D eigenvalue weighted by Gasteiger charge is -2.30. The fourth-order valence-corrected chi connectivity index (χ4v) is 4.60. The Morgan fingerprint density at radius 2 is 1.47 bits per heavy atom. The van der Waals surface area contributed by atoms with E-state index in [0.29, 0.717) is 15.7 Å². The van der Waals surface area contributed by atoms with Crippen LogP contribution in [0.25, 0.3) is 0 Å². The number of benzene rings is 2. The third-order valence-electron chi connectivity index (χ3n) is 5.13. The zero-order valence-electron chi connectivity index (χ0n) is 19.8. The molecule has 2 rings (SSSR count). The van der Waals surface area contributed by atoms with Crippen molar-refractivity contribution in [3.05, 3.63) is 64.1 Å². The van der Waals surface area contributed by atoms with Gasteiger partial charge in [-0.15, -0.1) is 0 Å². The molecular formula is C24H31Cl2N3O4S. The molecule has 2 aromatic rings. The Bertz CT molecular complexity index is 1070. The van der Waals surface area contributed by atoms with E-state index in [1.807, 2.05) is 26.0 Å². The molecule has 0 heterocycles. The summed E-state index contributed by atoms with van der Waals surface area (Å²) >= 11 is 11.9. The molecule has 34 heavy (non-hydrogen) atoms. The van der Waals surface area contributed by atoms with Gasteiger partial charge in [0.25, 0.3) is 0 Å².